The third kappa shape index (κ3) is 1.66. The van der Waals surface area contributed by atoms with Gasteiger partial charge in [0.05, 0.1) is 7.11 Å². The highest BCUT2D eigenvalue weighted by atomic mass is 79.9. The van der Waals surface area contributed by atoms with Crippen molar-refractivity contribution in [2.45, 2.75) is 12.5 Å². The van der Waals surface area contributed by atoms with Gasteiger partial charge in [-0.05, 0) is 18.2 Å². The Kier molecular flexibility index (Phi) is 2.44. The maximum Gasteiger partial charge on any atom is 0.123 e. The summed E-state index contributed by atoms with van der Waals surface area (Å²) in [5.74, 6) is 1.89. The van der Waals surface area contributed by atoms with Crippen LogP contribution in [0.3, 0.4) is 0 Å². The topological polar surface area (TPSA) is 18.5 Å². The van der Waals surface area contributed by atoms with Crippen LogP contribution in [0.25, 0.3) is 0 Å². The quantitative estimate of drug-likeness (QED) is 0.742. The lowest BCUT2D eigenvalue weighted by Crippen LogP contribution is -2.13. The van der Waals surface area contributed by atoms with Crippen LogP contribution in [0.1, 0.15) is 5.56 Å². The van der Waals surface area contributed by atoms with Crippen LogP contribution in [0, 0.1) is 0 Å². The van der Waals surface area contributed by atoms with Gasteiger partial charge in [0, 0.05) is 17.3 Å². The summed E-state index contributed by atoms with van der Waals surface area (Å²) in [6.07, 6.45) is 1.25. The van der Waals surface area contributed by atoms with Gasteiger partial charge in [0.2, 0.25) is 0 Å². The van der Waals surface area contributed by atoms with Gasteiger partial charge in [-0.1, -0.05) is 15.9 Å². The van der Waals surface area contributed by atoms with Crippen molar-refractivity contribution in [2.75, 3.05) is 12.4 Å². The van der Waals surface area contributed by atoms with E-state index in [-0.39, 0.29) is 6.10 Å². The number of fused-ring (bicyclic) bond motifs is 1. The fraction of sp³-hybridized carbons (Fsp3) is 0.400. The molecule has 0 bridgehead atoms. The second kappa shape index (κ2) is 3.58. The maximum absolute atomic E-state index is 5.65. The molecule has 1 atom stereocenters. The molecule has 2 rings (SSSR count). The number of rotatable bonds is 2. The molecule has 13 heavy (non-hydrogen) atoms. The molecule has 1 heterocycles. The van der Waals surface area contributed by atoms with Crippen LogP contribution in [0.5, 0.6) is 11.5 Å². The van der Waals surface area contributed by atoms with Crippen LogP contribution in [0.15, 0.2) is 18.2 Å². The number of benzene rings is 1. The van der Waals surface area contributed by atoms with E-state index in [4.69, 9.17) is 9.47 Å². The summed E-state index contributed by atoms with van der Waals surface area (Å²) < 4.78 is 10.8. The first-order valence-corrected chi connectivity index (χ1v) is 5.35. The molecule has 0 saturated heterocycles. The Morgan fingerprint density at radius 3 is 3.15 bits per heavy atom. The zero-order valence-electron chi connectivity index (χ0n) is 7.42. The van der Waals surface area contributed by atoms with E-state index < -0.39 is 0 Å². The lowest BCUT2D eigenvalue weighted by Gasteiger charge is -2.04. The summed E-state index contributed by atoms with van der Waals surface area (Å²) in [5.41, 5.74) is 1.24. The van der Waals surface area contributed by atoms with E-state index in [1.54, 1.807) is 7.11 Å². The van der Waals surface area contributed by atoms with E-state index in [0.29, 0.717) is 0 Å². The standard InChI is InChI=1S/C10H11BrO2/c1-12-8-2-3-10-7(4-8)5-9(6-11)13-10/h2-4,9H,5-6H2,1H3. The average Bonchev–Trinajstić information content (AvgIpc) is 2.58. The Bertz CT molecular complexity index is 312. The van der Waals surface area contributed by atoms with Crippen LogP contribution in [-0.2, 0) is 6.42 Å². The molecule has 2 nitrogen and oxygen atoms in total. The monoisotopic (exact) mass is 242 g/mol. The number of alkyl halides is 1. The SMILES string of the molecule is COc1ccc2c(c1)CC(CBr)O2. The molecule has 1 aromatic rings. The molecule has 0 radical (unpaired) electrons. The van der Waals surface area contributed by atoms with Crippen LogP contribution >= 0.6 is 15.9 Å². The first-order chi connectivity index (χ1) is 6.33. The largest absolute Gasteiger partial charge is 0.497 e. The molecular formula is C10H11BrO2. The Morgan fingerprint density at radius 1 is 1.62 bits per heavy atom. The molecule has 1 unspecified atom stereocenters. The van der Waals surface area contributed by atoms with Crippen LogP contribution < -0.4 is 9.47 Å². The van der Waals surface area contributed by atoms with Crippen molar-refractivity contribution in [2.24, 2.45) is 0 Å². The number of ether oxygens (including phenoxy) is 2. The van der Waals surface area contributed by atoms with Gasteiger partial charge in [0.15, 0.2) is 0 Å². The molecule has 1 aromatic carbocycles. The van der Waals surface area contributed by atoms with E-state index in [1.807, 2.05) is 18.2 Å². The molecule has 0 aromatic heterocycles. The summed E-state index contributed by atoms with van der Waals surface area (Å²) >= 11 is 3.41. The Balaban J connectivity index is 2.25. The summed E-state index contributed by atoms with van der Waals surface area (Å²) in [5, 5.41) is 0.879. The van der Waals surface area contributed by atoms with Crippen molar-refractivity contribution in [1.29, 1.82) is 0 Å². The van der Waals surface area contributed by atoms with Crippen molar-refractivity contribution >= 4 is 15.9 Å². The van der Waals surface area contributed by atoms with E-state index in [2.05, 4.69) is 15.9 Å². The minimum Gasteiger partial charge on any atom is -0.497 e. The normalized spacial score (nSPS) is 19.4. The lowest BCUT2D eigenvalue weighted by atomic mass is 10.1. The predicted molar refractivity (Wildman–Crippen MR) is 54.9 cm³/mol. The Labute approximate surface area is 86.0 Å². The van der Waals surface area contributed by atoms with Gasteiger partial charge in [-0.3, -0.25) is 0 Å². The van der Waals surface area contributed by atoms with Crippen molar-refractivity contribution in [3.63, 3.8) is 0 Å². The van der Waals surface area contributed by atoms with E-state index >= 15 is 0 Å². The van der Waals surface area contributed by atoms with Gasteiger partial charge < -0.3 is 9.47 Å². The fourth-order valence-electron chi connectivity index (χ4n) is 1.51. The molecule has 1 aliphatic heterocycles. The minimum absolute atomic E-state index is 0.280. The maximum atomic E-state index is 5.65. The highest BCUT2D eigenvalue weighted by Crippen LogP contribution is 2.32. The van der Waals surface area contributed by atoms with Gasteiger partial charge in [0.1, 0.15) is 17.6 Å². The van der Waals surface area contributed by atoms with Crippen molar-refractivity contribution < 1.29 is 9.47 Å². The number of hydrogen-bond acceptors (Lipinski definition) is 2. The van der Waals surface area contributed by atoms with Gasteiger partial charge >= 0.3 is 0 Å². The second-order valence-electron chi connectivity index (χ2n) is 3.07. The van der Waals surface area contributed by atoms with Gasteiger partial charge in [0.25, 0.3) is 0 Å². The summed E-state index contributed by atoms with van der Waals surface area (Å²) in [7, 11) is 1.68. The molecule has 0 N–H and O–H groups in total. The predicted octanol–water partition coefficient (Wildman–Crippen LogP) is 2.39. The highest BCUT2D eigenvalue weighted by molar-refractivity contribution is 9.09. The summed E-state index contributed by atoms with van der Waals surface area (Å²) in [4.78, 5) is 0. The third-order valence-electron chi connectivity index (χ3n) is 2.18. The van der Waals surface area contributed by atoms with Crippen LogP contribution in [0.4, 0.5) is 0 Å². The molecule has 1 aliphatic rings. The molecule has 0 amide bonds. The molecule has 70 valence electrons. The number of hydrogen-bond donors (Lipinski definition) is 0. The van der Waals surface area contributed by atoms with Crippen molar-refractivity contribution in [3.8, 4) is 11.5 Å². The van der Waals surface area contributed by atoms with Crippen molar-refractivity contribution in [3.05, 3.63) is 23.8 Å². The summed E-state index contributed by atoms with van der Waals surface area (Å²) in [6, 6.07) is 5.93. The van der Waals surface area contributed by atoms with E-state index in [0.717, 1.165) is 23.2 Å². The van der Waals surface area contributed by atoms with Crippen LogP contribution in [0.2, 0.25) is 0 Å². The van der Waals surface area contributed by atoms with Crippen molar-refractivity contribution in [1.82, 2.24) is 0 Å². The first kappa shape index (κ1) is 8.88. The molecular weight excluding hydrogens is 232 g/mol. The fourth-order valence-corrected chi connectivity index (χ4v) is 1.87. The highest BCUT2D eigenvalue weighted by Gasteiger charge is 2.21. The van der Waals surface area contributed by atoms with Gasteiger partial charge in [-0.15, -0.1) is 0 Å². The van der Waals surface area contributed by atoms with E-state index in [9.17, 15) is 0 Å². The Morgan fingerprint density at radius 2 is 2.46 bits per heavy atom. The molecule has 0 saturated carbocycles. The molecule has 3 heteroatoms. The Hall–Kier alpha value is -0.700. The van der Waals surface area contributed by atoms with Gasteiger partial charge in [-0.25, -0.2) is 0 Å². The molecule has 0 spiro atoms. The smallest absolute Gasteiger partial charge is 0.123 e. The zero-order chi connectivity index (χ0) is 9.26. The lowest BCUT2D eigenvalue weighted by molar-refractivity contribution is 0.260. The number of methoxy groups -OCH3 is 1. The molecule has 0 fully saturated rings. The van der Waals surface area contributed by atoms with Crippen LogP contribution in [-0.4, -0.2) is 18.5 Å². The average molecular weight is 243 g/mol. The van der Waals surface area contributed by atoms with E-state index in [1.165, 1.54) is 5.56 Å². The first-order valence-electron chi connectivity index (χ1n) is 4.23. The summed E-state index contributed by atoms with van der Waals surface area (Å²) in [6.45, 7) is 0. The number of halogens is 1. The second-order valence-corrected chi connectivity index (χ2v) is 3.72. The minimum atomic E-state index is 0.280. The zero-order valence-corrected chi connectivity index (χ0v) is 9.00. The third-order valence-corrected chi connectivity index (χ3v) is 2.90. The molecule has 0 aliphatic carbocycles. The van der Waals surface area contributed by atoms with Gasteiger partial charge in [-0.2, -0.15) is 0 Å².